The maximum atomic E-state index is 5.80. The summed E-state index contributed by atoms with van der Waals surface area (Å²) in [5.41, 5.74) is 0. The quantitative estimate of drug-likeness (QED) is 0.831. The van der Waals surface area contributed by atoms with Crippen LogP contribution in [-0.4, -0.2) is 23.7 Å². The van der Waals surface area contributed by atoms with Crippen LogP contribution in [0.3, 0.4) is 0 Å². The highest BCUT2D eigenvalue weighted by Gasteiger charge is 2.24. The average Bonchev–Trinajstić information content (AvgIpc) is 1.99. The number of nitrogens with zero attached hydrogens (tertiary/aromatic N) is 1. The molecule has 1 saturated heterocycles. The Hall–Kier alpha value is -0.800. The molecular weight excluding hydrogens is 200 g/mol. The van der Waals surface area contributed by atoms with E-state index in [1.165, 1.54) is 6.42 Å². The van der Waals surface area contributed by atoms with Gasteiger partial charge in [-0.05, 0) is 19.9 Å². The molecule has 0 aliphatic carbocycles. The van der Waals surface area contributed by atoms with Gasteiger partial charge in [0, 0.05) is 18.3 Å². The lowest BCUT2D eigenvalue weighted by Crippen LogP contribution is -2.51. The molecule has 1 aromatic rings. The minimum absolute atomic E-state index is 0.170. The van der Waals surface area contributed by atoms with E-state index in [1.54, 1.807) is 18.5 Å². The van der Waals surface area contributed by atoms with Crippen LogP contribution in [-0.2, 0) is 0 Å². The first-order chi connectivity index (χ1) is 6.75. The number of halogens is 1. The van der Waals surface area contributed by atoms with E-state index in [1.807, 2.05) is 0 Å². The Labute approximate surface area is 88.4 Å². The summed E-state index contributed by atoms with van der Waals surface area (Å²) in [4.78, 5) is 3.96. The summed E-state index contributed by atoms with van der Waals surface area (Å²) in [7, 11) is 0. The SMILES string of the molecule is C[C@@H](Oc1cncc(Cl)c1)C1CCN1. The number of hydrogen-bond donors (Lipinski definition) is 1. The van der Waals surface area contributed by atoms with E-state index < -0.39 is 0 Å². The molecule has 2 rings (SSSR count). The minimum atomic E-state index is 0.170. The summed E-state index contributed by atoms with van der Waals surface area (Å²) in [5.74, 6) is 0.735. The number of hydrogen-bond acceptors (Lipinski definition) is 3. The predicted octanol–water partition coefficient (Wildman–Crippen LogP) is 1.86. The van der Waals surface area contributed by atoms with Gasteiger partial charge >= 0.3 is 0 Å². The van der Waals surface area contributed by atoms with E-state index in [4.69, 9.17) is 16.3 Å². The highest BCUT2D eigenvalue weighted by atomic mass is 35.5. The molecular formula is C10H13ClN2O. The van der Waals surface area contributed by atoms with Crippen LogP contribution in [0.1, 0.15) is 13.3 Å². The van der Waals surface area contributed by atoms with Gasteiger partial charge in [0.25, 0.3) is 0 Å². The maximum absolute atomic E-state index is 5.80. The molecule has 1 aliphatic rings. The van der Waals surface area contributed by atoms with Crippen molar-refractivity contribution in [2.75, 3.05) is 6.54 Å². The lowest BCUT2D eigenvalue weighted by molar-refractivity contribution is 0.133. The van der Waals surface area contributed by atoms with Crippen molar-refractivity contribution in [3.05, 3.63) is 23.5 Å². The van der Waals surface area contributed by atoms with Gasteiger partial charge in [-0.15, -0.1) is 0 Å². The van der Waals surface area contributed by atoms with Gasteiger partial charge in [-0.3, -0.25) is 4.98 Å². The monoisotopic (exact) mass is 212 g/mol. The Bertz CT molecular complexity index is 315. The van der Waals surface area contributed by atoms with Crippen LogP contribution in [0.4, 0.5) is 0 Å². The molecule has 0 saturated carbocycles. The zero-order chi connectivity index (χ0) is 9.97. The molecule has 76 valence electrons. The maximum Gasteiger partial charge on any atom is 0.139 e. The van der Waals surface area contributed by atoms with E-state index in [0.29, 0.717) is 11.1 Å². The fourth-order valence-electron chi connectivity index (χ4n) is 1.47. The van der Waals surface area contributed by atoms with Crippen LogP contribution in [0.5, 0.6) is 5.75 Å². The Morgan fingerprint density at radius 2 is 2.43 bits per heavy atom. The molecule has 4 heteroatoms. The lowest BCUT2D eigenvalue weighted by atomic mass is 10.0. The van der Waals surface area contributed by atoms with Gasteiger partial charge in [0.05, 0.1) is 11.2 Å². The van der Waals surface area contributed by atoms with E-state index in [0.717, 1.165) is 12.3 Å². The van der Waals surface area contributed by atoms with Crippen LogP contribution < -0.4 is 10.1 Å². The number of nitrogens with one attached hydrogen (secondary N) is 1. The minimum Gasteiger partial charge on any atom is -0.487 e. The van der Waals surface area contributed by atoms with Gasteiger partial charge in [-0.1, -0.05) is 11.6 Å². The van der Waals surface area contributed by atoms with Gasteiger partial charge in [0.15, 0.2) is 0 Å². The largest absolute Gasteiger partial charge is 0.487 e. The molecule has 1 fully saturated rings. The van der Waals surface area contributed by atoms with Crippen molar-refractivity contribution in [3.8, 4) is 5.75 Å². The third-order valence-corrected chi connectivity index (χ3v) is 2.64. The first kappa shape index (κ1) is 9.74. The standard InChI is InChI=1S/C10H13ClN2O/c1-7(10-2-3-13-10)14-9-4-8(11)5-12-6-9/h4-7,10,13H,2-3H2,1H3/t7-,10?/m1/s1. The summed E-state index contributed by atoms with van der Waals surface area (Å²) in [5, 5.41) is 3.91. The number of rotatable bonds is 3. The second-order valence-corrected chi connectivity index (χ2v) is 3.95. The molecule has 2 heterocycles. The van der Waals surface area contributed by atoms with Crippen molar-refractivity contribution in [2.24, 2.45) is 0 Å². The molecule has 2 atom stereocenters. The second-order valence-electron chi connectivity index (χ2n) is 3.51. The second kappa shape index (κ2) is 4.15. The highest BCUT2D eigenvalue weighted by Crippen LogP contribution is 2.19. The summed E-state index contributed by atoms with van der Waals surface area (Å²) >= 11 is 5.80. The fraction of sp³-hybridized carbons (Fsp3) is 0.500. The average molecular weight is 213 g/mol. The van der Waals surface area contributed by atoms with Gasteiger partial charge in [-0.25, -0.2) is 0 Å². The topological polar surface area (TPSA) is 34.1 Å². The van der Waals surface area contributed by atoms with Crippen molar-refractivity contribution in [1.82, 2.24) is 10.3 Å². The van der Waals surface area contributed by atoms with Crippen molar-refractivity contribution in [2.45, 2.75) is 25.5 Å². The summed E-state index contributed by atoms with van der Waals surface area (Å²) in [6, 6.07) is 2.25. The normalized spacial score (nSPS) is 22.6. The number of ether oxygens (including phenoxy) is 1. The Morgan fingerprint density at radius 1 is 1.64 bits per heavy atom. The van der Waals surface area contributed by atoms with Crippen LogP contribution in [0.25, 0.3) is 0 Å². The first-order valence-corrected chi connectivity index (χ1v) is 5.14. The molecule has 0 bridgehead atoms. The summed E-state index contributed by atoms with van der Waals surface area (Å²) < 4.78 is 5.69. The van der Waals surface area contributed by atoms with Crippen molar-refractivity contribution in [3.63, 3.8) is 0 Å². The Kier molecular flexibility index (Phi) is 2.89. The molecule has 0 amide bonds. The van der Waals surface area contributed by atoms with Gasteiger partial charge < -0.3 is 10.1 Å². The number of pyridine rings is 1. The van der Waals surface area contributed by atoms with Crippen molar-refractivity contribution >= 4 is 11.6 Å². The first-order valence-electron chi connectivity index (χ1n) is 4.76. The molecule has 1 N–H and O–H groups in total. The van der Waals surface area contributed by atoms with Crippen LogP contribution in [0, 0.1) is 0 Å². The highest BCUT2D eigenvalue weighted by molar-refractivity contribution is 6.30. The van der Waals surface area contributed by atoms with E-state index in [2.05, 4.69) is 17.2 Å². The smallest absolute Gasteiger partial charge is 0.139 e. The van der Waals surface area contributed by atoms with Crippen LogP contribution in [0.2, 0.25) is 5.02 Å². The lowest BCUT2D eigenvalue weighted by Gasteiger charge is -2.33. The molecule has 3 nitrogen and oxygen atoms in total. The Balaban J connectivity index is 1.95. The fourth-order valence-corrected chi connectivity index (χ4v) is 1.63. The van der Waals surface area contributed by atoms with Gasteiger partial charge in [0.1, 0.15) is 11.9 Å². The molecule has 1 aliphatic heterocycles. The van der Waals surface area contributed by atoms with Crippen LogP contribution in [0.15, 0.2) is 18.5 Å². The zero-order valence-corrected chi connectivity index (χ0v) is 8.79. The van der Waals surface area contributed by atoms with Gasteiger partial charge in [-0.2, -0.15) is 0 Å². The molecule has 0 spiro atoms. The molecule has 1 unspecified atom stereocenters. The van der Waals surface area contributed by atoms with Gasteiger partial charge in [0.2, 0.25) is 0 Å². The van der Waals surface area contributed by atoms with E-state index in [9.17, 15) is 0 Å². The Morgan fingerprint density at radius 3 is 3.00 bits per heavy atom. The summed E-state index contributed by atoms with van der Waals surface area (Å²) in [6.07, 6.45) is 4.63. The molecule has 1 aromatic heterocycles. The van der Waals surface area contributed by atoms with E-state index in [-0.39, 0.29) is 6.10 Å². The van der Waals surface area contributed by atoms with Crippen LogP contribution >= 0.6 is 11.6 Å². The summed E-state index contributed by atoms with van der Waals surface area (Å²) in [6.45, 7) is 3.14. The third kappa shape index (κ3) is 2.16. The number of aromatic nitrogens is 1. The molecule has 14 heavy (non-hydrogen) atoms. The van der Waals surface area contributed by atoms with Crippen molar-refractivity contribution < 1.29 is 4.74 Å². The predicted molar refractivity (Wildman–Crippen MR) is 55.7 cm³/mol. The molecule has 0 radical (unpaired) electrons. The zero-order valence-electron chi connectivity index (χ0n) is 8.03. The third-order valence-electron chi connectivity index (χ3n) is 2.43. The molecule has 0 aromatic carbocycles. The van der Waals surface area contributed by atoms with Crippen molar-refractivity contribution in [1.29, 1.82) is 0 Å². The van der Waals surface area contributed by atoms with E-state index >= 15 is 0 Å².